The lowest BCUT2D eigenvalue weighted by Crippen LogP contribution is -2.41. The number of aromatic nitrogens is 1. The Morgan fingerprint density at radius 3 is 2.59 bits per heavy atom. The Balaban J connectivity index is 1.34. The number of ether oxygens (including phenoxy) is 1. The molecule has 32 heavy (non-hydrogen) atoms. The van der Waals surface area contributed by atoms with Gasteiger partial charge in [-0.3, -0.25) is 15.0 Å². The summed E-state index contributed by atoms with van der Waals surface area (Å²) in [5, 5.41) is 10.4. The van der Waals surface area contributed by atoms with Crippen molar-refractivity contribution in [1.29, 1.82) is 0 Å². The third-order valence-electron chi connectivity index (χ3n) is 4.74. The highest BCUT2D eigenvalue weighted by molar-refractivity contribution is 7.14. The number of rotatable bonds is 6. The summed E-state index contributed by atoms with van der Waals surface area (Å²) in [5.74, 6) is -0.456. The molecular formula is C22H22FN5O3S. The van der Waals surface area contributed by atoms with Crippen molar-refractivity contribution in [2.45, 2.75) is 0 Å². The predicted octanol–water partition coefficient (Wildman–Crippen LogP) is 3.86. The Labute approximate surface area is 188 Å². The van der Waals surface area contributed by atoms with E-state index in [9.17, 15) is 14.0 Å². The van der Waals surface area contributed by atoms with Crippen molar-refractivity contribution in [2.75, 3.05) is 48.8 Å². The van der Waals surface area contributed by atoms with E-state index in [1.807, 2.05) is 29.6 Å². The van der Waals surface area contributed by atoms with E-state index in [-0.39, 0.29) is 11.7 Å². The number of urea groups is 1. The van der Waals surface area contributed by atoms with Crippen LogP contribution in [0.2, 0.25) is 0 Å². The minimum absolute atomic E-state index is 0.0813. The van der Waals surface area contributed by atoms with Crippen LogP contribution in [0.15, 0.2) is 53.9 Å². The Bertz CT molecular complexity index is 1080. The van der Waals surface area contributed by atoms with Gasteiger partial charge in [0.1, 0.15) is 5.82 Å². The monoisotopic (exact) mass is 455 g/mol. The number of amides is 3. The van der Waals surface area contributed by atoms with E-state index in [1.165, 1.54) is 35.6 Å². The number of morpholine rings is 1. The van der Waals surface area contributed by atoms with Gasteiger partial charge >= 0.3 is 6.03 Å². The third-order valence-corrected chi connectivity index (χ3v) is 5.50. The SMILES string of the molecule is O=C(CN1CCOCC1)Nc1cccc(-c2csc(NC(=O)Nc3ccc(F)cc3)n2)c1. The third kappa shape index (κ3) is 6.10. The second-order valence-electron chi connectivity index (χ2n) is 7.14. The molecule has 0 unspecified atom stereocenters. The summed E-state index contributed by atoms with van der Waals surface area (Å²) >= 11 is 1.28. The number of carbonyl (C=O) groups excluding carboxylic acids is 2. The lowest BCUT2D eigenvalue weighted by atomic mass is 10.1. The van der Waals surface area contributed by atoms with Gasteiger partial charge in [0, 0.05) is 35.4 Å². The minimum atomic E-state index is -0.471. The number of carbonyl (C=O) groups is 2. The topological polar surface area (TPSA) is 95.6 Å². The van der Waals surface area contributed by atoms with Crippen molar-refractivity contribution >= 4 is 39.8 Å². The quantitative estimate of drug-likeness (QED) is 0.525. The van der Waals surface area contributed by atoms with Crippen LogP contribution in [0.1, 0.15) is 0 Å². The van der Waals surface area contributed by atoms with Gasteiger partial charge in [0.25, 0.3) is 0 Å². The van der Waals surface area contributed by atoms with Crippen LogP contribution < -0.4 is 16.0 Å². The van der Waals surface area contributed by atoms with Gasteiger partial charge in [-0.15, -0.1) is 11.3 Å². The van der Waals surface area contributed by atoms with Crippen LogP contribution in [0.3, 0.4) is 0 Å². The number of hydrogen-bond donors (Lipinski definition) is 3. The normalized spacial score (nSPS) is 14.0. The Hall–Kier alpha value is -3.34. The molecule has 3 aromatic rings. The number of nitrogens with one attached hydrogen (secondary N) is 3. The van der Waals surface area contributed by atoms with Crippen molar-refractivity contribution in [3.05, 3.63) is 59.7 Å². The molecule has 0 spiro atoms. The molecule has 0 saturated carbocycles. The van der Waals surface area contributed by atoms with E-state index in [0.717, 1.165) is 18.7 Å². The summed E-state index contributed by atoms with van der Waals surface area (Å²) in [7, 11) is 0. The summed E-state index contributed by atoms with van der Waals surface area (Å²) in [6, 6.07) is 12.4. The lowest BCUT2D eigenvalue weighted by molar-refractivity contribution is -0.118. The summed E-state index contributed by atoms with van der Waals surface area (Å²) in [5.41, 5.74) is 2.65. The van der Waals surface area contributed by atoms with Crippen molar-refractivity contribution in [3.63, 3.8) is 0 Å². The van der Waals surface area contributed by atoms with Crippen LogP contribution in [0.25, 0.3) is 11.3 Å². The lowest BCUT2D eigenvalue weighted by Gasteiger charge is -2.25. The molecule has 1 aromatic heterocycles. The molecule has 1 aliphatic rings. The van der Waals surface area contributed by atoms with Crippen LogP contribution in [0.4, 0.5) is 25.7 Å². The molecular weight excluding hydrogens is 433 g/mol. The average molecular weight is 456 g/mol. The van der Waals surface area contributed by atoms with Crippen LogP contribution in [-0.4, -0.2) is 54.7 Å². The smallest absolute Gasteiger partial charge is 0.325 e. The van der Waals surface area contributed by atoms with E-state index in [0.29, 0.717) is 42.0 Å². The number of thiazole rings is 1. The van der Waals surface area contributed by atoms with Gasteiger partial charge < -0.3 is 15.4 Å². The molecule has 1 fully saturated rings. The first kappa shape index (κ1) is 21.9. The zero-order chi connectivity index (χ0) is 22.3. The average Bonchev–Trinajstić information content (AvgIpc) is 3.24. The molecule has 166 valence electrons. The first-order valence-corrected chi connectivity index (χ1v) is 10.9. The molecule has 8 nitrogen and oxygen atoms in total. The molecule has 1 saturated heterocycles. The number of hydrogen-bond acceptors (Lipinski definition) is 6. The van der Waals surface area contributed by atoms with Gasteiger partial charge in [0.05, 0.1) is 25.5 Å². The number of benzene rings is 2. The van der Waals surface area contributed by atoms with Crippen LogP contribution in [-0.2, 0) is 9.53 Å². The van der Waals surface area contributed by atoms with Crippen LogP contribution in [0, 0.1) is 5.82 Å². The van der Waals surface area contributed by atoms with Gasteiger partial charge in [0.2, 0.25) is 5.91 Å². The second kappa shape index (κ2) is 10.3. The van der Waals surface area contributed by atoms with Crippen molar-refractivity contribution in [2.24, 2.45) is 0 Å². The molecule has 0 aliphatic carbocycles. The molecule has 3 N–H and O–H groups in total. The van der Waals surface area contributed by atoms with Gasteiger partial charge in [-0.25, -0.2) is 14.2 Å². The highest BCUT2D eigenvalue weighted by Gasteiger charge is 2.15. The first-order chi connectivity index (χ1) is 15.5. The number of anilines is 3. The van der Waals surface area contributed by atoms with E-state index in [4.69, 9.17) is 4.74 Å². The standard InChI is InChI=1S/C22H22FN5O3S/c23-16-4-6-17(7-5-16)25-21(30)27-22-26-19(14-32-22)15-2-1-3-18(12-15)24-20(29)13-28-8-10-31-11-9-28/h1-7,12,14H,8-11,13H2,(H,24,29)(H2,25,26,27,30). The molecule has 4 rings (SSSR count). The van der Waals surface area contributed by atoms with Crippen LogP contribution in [0.5, 0.6) is 0 Å². The Kier molecular flexibility index (Phi) is 7.05. The van der Waals surface area contributed by atoms with Crippen molar-refractivity contribution in [1.82, 2.24) is 9.88 Å². The minimum Gasteiger partial charge on any atom is -0.379 e. The zero-order valence-corrected chi connectivity index (χ0v) is 18.0. The fourth-order valence-corrected chi connectivity index (χ4v) is 3.89. The van der Waals surface area contributed by atoms with Crippen molar-refractivity contribution < 1.29 is 18.7 Å². The van der Waals surface area contributed by atoms with Crippen molar-refractivity contribution in [3.8, 4) is 11.3 Å². The van der Waals surface area contributed by atoms with Gasteiger partial charge in [0.15, 0.2) is 5.13 Å². The predicted molar refractivity (Wildman–Crippen MR) is 122 cm³/mol. The maximum Gasteiger partial charge on any atom is 0.325 e. The summed E-state index contributed by atoms with van der Waals surface area (Å²) in [6.45, 7) is 3.10. The molecule has 0 atom stereocenters. The maximum atomic E-state index is 13.0. The highest BCUT2D eigenvalue weighted by Crippen LogP contribution is 2.27. The van der Waals surface area contributed by atoms with E-state index < -0.39 is 6.03 Å². The molecule has 3 amide bonds. The summed E-state index contributed by atoms with van der Waals surface area (Å²) in [4.78, 5) is 31.0. The Morgan fingerprint density at radius 1 is 1.03 bits per heavy atom. The fraction of sp³-hybridized carbons (Fsp3) is 0.227. The van der Waals surface area contributed by atoms with E-state index >= 15 is 0 Å². The van der Waals surface area contributed by atoms with Gasteiger partial charge in [-0.2, -0.15) is 0 Å². The zero-order valence-electron chi connectivity index (χ0n) is 17.1. The van der Waals surface area contributed by atoms with Gasteiger partial charge in [-0.1, -0.05) is 12.1 Å². The summed E-state index contributed by atoms with van der Waals surface area (Å²) < 4.78 is 18.3. The maximum absolute atomic E-state index is 13.0. The van der Waals surface area contributed by atoms with E-state index in [1.54, 1.807) is 0 Å². The van der Waals surface area contributed by atoms with E-state index in [2.05, 4.69) is 25.8 Å². The largest absolute Gasteiger partial charge is 0.379 e. The second-order valence-corrected chi connectivity index (χ2v) is 8.00. The van der Waals surface area contributed by atoms with Gasteiger partial charge in [-0.05, 0) is 36.4 Å². The van der Waals surface area contributed by atoms with Crippen LogP contribution >= 0.6 is 11.3 Å². The molecule has 0 bridgehead atoms. The molecule has 10 heteroatoms. The number of nitrogens with zero attached hydrogens (tertiary/aromatic N) is 2. The first-order valence-electron chi connectivity index (χ1n) is 10.0. The Morgan fingerprint density at radius 2 is 1.81 bits per heavy atom. The highest BCUT2D eigenvalue weighted by atomic mass is 32.1. The summed E-state index contributed by atoms with van der Waals surface area (Å²) in [6.07, 6.45) is 0. The molecule has 2 aromatic carbocycles. The number of halogens is 1. The fourth-order valence-electron chi connectivity index (χ4n) is 3.18. The molecule has 1 aliphatic heterocycles. The molecule has 0 radical (unpaired) electrons. The molecule has 2 heterocycles.